The molecule has 0 spiro atoms. The van der Waals surface area contributed by atoms with E-state index in [1.54, 1.807) is 0 Å². The van der Waals surface area contributed by atoms with Crippen LogP contribution in [-0.2, 0) is 4.79 Å². The number of hydrogen-bond acceptors (Lipinski definition) is 1. The Hall–Kier alpha value is -0.530. The summed E-state index contributed by atoms with van der Waals surface area (Å²) in [6, 6.07) is 0. The van der Waals surface area contributed by atoms with Gasteiger partial charge in [-0.3, -0.25) is 4.79 Å². The van der Waals surface area contributed by atoms with E-state index in [1.165, 1.54) is 19.3 Å². The Morgan fingerprint density at radius 3 is 2.75 bits per heavy atom. The van der Waals surface area contributed by atoms with Crippen LogP contribution < -0.4 is 0 Å². The maximum atomic E-state index is 10.6. The number of carboxylic acid groups (broad SMARTS) is 1. The van der Waals surface area contributed by atoms with Crippen LogP contribution in [0.3, 0.4) is 0 Å². The molecule has 1 aliphatic rings. The Morgan fingerprint density at radius 2 is 2.25 bits per heavy atom. The van der Waals surface area contributed by atoms with Gasteiger partial charge in [-0.1, -0.05) is 33.1 Å². The van der Waals surface area contributed by atoms with Gasteiger partial charge in [-0.15, -0.1) is 0 Å². The zero-order chi connectivity index (χ0) is 9.19. The Bertz CT molecular complexity index is 177. The van der Waals surface area contributed by atoms with Gasteiger partial charge in [0.1, 0.15) is 0 Å². The van der Waals surface area contributed by atoms with Crippen LogP contribution in [0.4, 0.5) is 0 Å². The molecule has 0 bridgehead atoms. The van der Waals surface area contributed by atoms with Crippen LogP contribution in [0.1, 0.15) is 46.0 Å². The predicted octanol–water partition coefficient (Wildman–Crippen LogP) is 2.68. The summed E-state index contributed by atoms with van der Waals surface area (Å²) in [4.78, 5) is 10.6. The smallest absolute Gasteiger partial charge is 0.303 e. The fourth-order valence-electron chi connectivity index (χ4n) is 2.18. The van der Waals surface area contributed by atoms with E-state index in [2.05, 4.69) is 13.8 Å². The van der Waals surface area contributed by atoms with Crippen molar-refractivity contribution in [1.29, 1.82) is 0 Å². The second-order valence-corrected chi connectivity index (χ2v) is 4.37. The van der Waals surface area contributed by atoms with Crippen LogP contribution in [-0.4, -0.2) is 11.1 Å². The minimum atomic E-state index is -0.647. The summed E-state index contributed by atoms with van der Waals surface area (Å²) < 4.78 is 0. The molecule has 0 radical (unpaired) electrons. The molecule has 0 aromatic carbocycles. The molecule has 1 fully saturated rings. The van der Waals surface area contributed by atoms with Crippen LogP contribution in [0.25, 0.3) is 0 Å². The summed E-state index contributed by atoms with van der Waals surface area (Å²) in [6.45, 7) is 4.30. The van der Waals surface area contributed by atoms with E-state index in [4.69, 9.17) is 5.11 Å². The van der Waals surface area contributed by atoms with Gasteiger partial charge in [0.15, 0.2) is 0 Å². The summed E-state index contributed by atoms with van der Waals surface area (Å²) in [6.07, 6.45) is 5.10. The molecule has 0 aromatic rings. The molecule has 0 saturated heterocycles. The van der Waals surface area contributed by atoms with Crippen molar-refractivity contribution in [3.8, 4) is 0 Å². The Morgan fingerprint density at radius 1 is 1.58 bits per heavy atom. The van der Waals surface area contributed by atoms with E-state index in [0.717, 1.165) is 6.42 Å². The van der Waals surface area contributed by atoms with E-state index in [-0.39, 0.29) is 5.41 Å². The van der Waals surface area contributed by atoms with Gasteiger partial charge >= 0.3 is 5.97 Å². The summed E-state index contributed by atoms with van der Waals surface area (Å²) in [5.41, 5.74) is 0.0596. The van der Waals surface area contributed by atoms with Crippen molar-refractivity contribution in [2.24, 2.45) is 11.3 Å². The summed E-state index contributed by atoms with van der Waals surface area (Å²) >= 11 is 0. The van der Waals surface area contributed by atoms with Crippen molar-refractivity contribution < 1.29 is 9.90 Å². The zero-order valence-corrected chi connectivity index (χ0v) is 7.97. The van der Waals surface area contributed by atoms with Gasteiger partial charge in [-0.25, -0.2) is 0 Å². The van der Waals surface area contributed by atoms with Crippen molar-refractivity contribution in [1.82, 2.24) is 0 Å². The van der Waals surface area contributed by atoms with Gasteiger partial charge in [-0.2, -0.15) is 0 Å². The normalized spacial score (nSPS) is 36.3. The number of carboxylic acids is 1. The Kier molecular flexibility index (Phi) is 2.76. The molecule has 0 aliphatic heterocycles. The second-order valence-electron chi connectivity index (χ2n) is 4.37. The lowest BCUT2D eigenvalue weighted by Gasteiger charge is -2.38. The molecule has 12 heavy (non-hydrogen) atoms. The Labute approximate surface area is 74.0 Å². The first-order valence-electron chi connectivity index (χ1n) is 4.76. The van der Waals surface area contributed by atoms with Gasteiger partial charge in [0.25, 0.3) is 0 Å². The standard InChI is InChI=1S/C10H18O2/c1-8-5-3-4-6-10(8,2)7-9(11)12/h8H,3-7H2,1-2H3,(H,11,12)/t8-,10+/m1/s1. The molecule has 1 saturated carbocycles. The van der Waals surface area contributed by atoms with Crippen LogP contribution >= 0.6 is 0 Å². The fourth-order valence-corrected chi connectivity index (χ4v) is 2.18. The van der Waals surface area contributed by atoms with Gasteiger partial charge in [0.05, 0.1) is 6.42 Å². The first kappa shape index (κ1) is 9.56. The van der Waals surface area contributed by atoms with Gasteiger partial charge in [0.2, 0.25) is 0 Å². The van der Waals surface area contributed by atoms with E-state index in [9.17, 15) is 4.79 Å². The molecular weight excluding hydrogens is 152 g/mol. The maximum absolute atomic E-state index is 10.6. The molecule has 1 rings (SSSR count). The lowest BCUT2D eigenvalue weighted by molar-refractivity contribution is -0.141. The van der Waals surface area contributed by atoms with Gasteiger partial charge in [0, 0.05) is 0 Å². The maximum Gasteiger partial charge on any atom is 0.303 e. The minimum Gasteiger partial charge on any atom is -0.481 e. The van der Waals surface area contributed by atoms with Crippen LogP contribution in [0.5, 0.6) is 0 Å². The van der Waals surface area contributed by atoms with Gasteiger partial charge < -0.3 is 5.11 Å². The monoisotopic (exact) mass is 170 g/mol. The molecule has 2 atom stereocenters. The molecule has 2 nitrogen and oxygen atoms in total. The predicted molar refractivity (Wildman–Crippen MR) is 48.0 cm³/mol. The molecule has 1 N–H and O–H groups in total. The van der Waals surface area contributed by atoms with Crippen molar-refractivity contribution in [2.75, 3.05) is 0 Å². The van der Waals surface area contributed by atoms with E-state index in [0.29, 0.717) is 12.3 Å². The third-order valence-electron chi connectivity index (χ3n) is 3.38. The first-order valence-corrected chi connectivity index (χ1v) is 4.76. The van der Waals surface area contributed by atoms with Crippen molar-refractivity contribution in [3.05, 3.63) is 0 Å². The molecule has 0 aromatic heterocycles. The molecular formula is C10H18O2. The lowest BCUT2D eigenvalue weighted by atomic mass is 9.66. The van der Waals surface area contributed by atoms with E-state index in [1.807, 2.05) is 0 Å². The average Bonchev–Trinajstić information content (AvgIpc) is 1.94. The highest BCUT2D eigenvalue weighted by Gasteiger charge is 2.35. The minimum absolute atomic E-state index is 0.0596. The second kappa shape index (κ2) is 3.46. The summed E-state index contributed by atoms with van der Waals surface area (Å²) in [7, 11) is 0. The van der Waals surface area contributed by atoms with Gasteiger partial charge in [-0.05, 0) is 17.8 Å². The van der Waals surface area contributed by atoms with Crippen molar-refractivity contribution in [3.63, 3.8) is 0 Å². The molecule has 70 valence electrons. The number of rotatable bonds is 2. The molecule has 0 unspecified atom stereocenters. The third-order valence-corrected chi connectivity index (χ3v) is 3.38. The van der Waals surface area contributed by atoms with Crippen LogP contribution in [0, 0.1) is 11.3 Å². The highest BCUT2D eigenvalue weighted by molar-refractivity contribution is 5.67. The number of hydrogen-bond donors (Lipinski definition) is 1. The van der Waals surface area contributed by atoms with Crippen LogP contribution in [0.2, 0.25) is 0 Å². The first-order chi connectivity index (χ1) is 5.54. The molecule has 0 amide bonds. The molecule has 2 heteroatoms. The van der Waals surface area contributed by atoms with E-state index >= 15 is 0 Å². The fraction of sp³-hybridized carbons (Fsp3) is 0.900. The number of aliphatic carboxylic acids is 1. The number of carbonyl (C=O) groups is 1. The van der Waals surface area contributed by atoms with E-state index < -0.39 is 5.97 Å². The Balaban J connectivity index is 2.59. The quantitative estimate of drug-likeness (QED) is 0.691. The molecule has 0 heterocycles. The van der Waals surface area contributed by atoms with Crippen molar-refractivity contribution >= 4 is 5.97 Å². The average molecular weight is 170 g/mol. The van der Waals surface area contributed by atoms with Crippen molar-refractivity contribution in [2.45, 2.75) is 46.0 Å². The van der Waals surface area contributed by atoms with Crippen LogP contribution in [0.15, 0.2) is 0 Å². The summed E-state index contributed by atoms with van der Waals surface area (Å²) in [5, 5.41) is 8.75. The third kappa shape index (κ3) is 1.99. The zero-order valence-electron chi connectivity index (χ0n) is 7.97. The SMILES string of the molecule is C[C@@H]1CCCC[C@@]1(C)CC(=O)O. The topological polar surface area (TPSA) is 37.3 Å². The highest BCUT2D eigenvalue weighted by atomic mass is 16.4. The highest BCUT2D eigenvalue weighted by Crippen LogP contribution is 2.43. The lowest BCUT2D eigenvalue weighted by Crippen LogP contribution is -2.31. The summed E-state index contributed by atoms with van der Waals surface area (Å²) in [5.74, 6) is -0.0754. The molecule has 1 aliphatic carbocycles. The largest absolute Gasteiger partial charge is 0.481 e.